The SMILES string of the molecule is C[C@H]1C[C@]1(c1noc(=O)[nH]1)n1c(C(=O)N2CCc3c(nc(N4CCN(c5ccccc5)C4O)n(-c4ccccc4CC(=O)O)c3=O)C2)cc2cc(C3CCOCC3)ccc21. The molecule has 60 heavy (non-hydrogen) atoms. The largest absolute Gasteiger partial charge is 0.481 e. The first kappa shape index (κ1) is 37.7. The predicted octanol–water partition coefficient (Wildman–Crippen LogP) is 3.97. The van der Waals surface area contributed by atoms with Crippen LogP contribution >= 0.6 is 0 Å². The van der Waals surface area contributed by atoms with Crippen LogP contribution in [0.3, 0.4) is 0 Å². The number of benzene rings is 3. The summed E-state index contributed by atoms with van der Waals surface area (Å²) in [5.41, 5.74) is 3.57. The van der Waals surface area contributed by atoms with E-state index in [1.807, 2.05) is 47.0 Å². The van der Waals surface area contributed by atoms with Crippen molar-refractivity contribution in [2.45, 2.75) is 63.4 Å². The van der Waals surface area contributed by atoms with Crippen LogP contribution in [-0.2, 0) is 34.5 Å². The normalized spacial score (nSPS) is 21.7. The van der Waals surface area contributed by atoms with E-state index in [0.29, 0.717) is 72.7 Å². The number of anilines is 2. The van der Waals surface area contributed by atoms with Crippen LogP contribution in [0.15, 0.2) is 93.0 Å². The second-order valence-corrected chi connectivity index (χ2v) is 16.3. The third kappa shape index (κ3) is 6.20. The Hall–Kier alpha value is -6.52. The number of nitrogens with one attached hydrogen (secondary N) is 1. The number of para-hydroxylation sites is 2. The molecule has 16 nitrogen and oxygen atoms in total. The smallest absolute Gasteiger partial charge is 0.438 e. The molecule has 3 aliphatic heterocycles. The number of aromatic amines is 1. The van der Waals surface area contributed by atoms with Crippen molar-refractivity contribution in [3.05, 3.63) is 134 Å². The number of carbonyl (C=O) groups excluding carboxylic acids is 1. The summed E-state index contributed by atoms with van der Waals surface area (Å²) in [5, 5.41) is 26.6. The number of H-pyrrole nitrogens is 1. The Kier molecular flexibility index (Phi) is 9.20. The van der Waals surface area contributed by atoms with E-state index in [1.54, 1.807) is 39.0 Å². The van der Waals surface area contributed by atoms with E-state index in [2.05, 4.69) is 29.2 Å². The number of carboxylic acid groups (broad SMARTS) is 1. The zero-order chi connectivity index (χ0) is 41.3. The number of aromatic nitrogens is 5. The van der Waals surface area contributed by atoms with Gasteiger partial charge in [0, 0.05) is 55.0 Å². The molecule has 4 aliphatic rings. The molecule has 1 aliphatic carbocycles. The van der Waals surface area contributed by atoms with E-state index < -0.39 is 23.6 Å². The molecule has 0 bridgehead atoms. The highest BCUT2D eigenvalue weighted by molar-refractivity contribution is 5.99. The number of aliphatic hydroxyl groups is 1. The second-order valence-electron chi connectivity index (χ2n) is 16.3. The minimum atomic E-state index is -1.20. The van der Waals surface area contributed by atoms with Crippen molar-refractivity contribution in [2.24, 2.45) is 5.92 Å². The van der Waals surface area contributed by atoms with Gasteiger partial charge >= 0.3 is 11.7 Å². The molecule has 6 aromatic rings. The van der Waals surface area contributed by atoms with Gasteiger partial charge in [-0.3, -0.25) is 28.8 Å². The van der Waals surface area contributed by atoms with Crippen LogP contribution in [0.1, 0.15) is 70.8 Å². The number of hydrogen-bond acceptors (Lipinski definition) is 11. The number of hydrogen-bond donors (Lipinski definition) is 3. The summed E-state index contributed by atoms with van der Waals surface area (Å²) in [5.74, 6) is -1.14. The molecule has 3 fully saturated rings. The van der Waals surface area contributed by atoms with E-state index in [9.17, 15) is 24.6 Å². The standard InChI is InChI=1S/C44H44N8O8/c1-26-24-44(26,40-46-42(57)60-47-40)52-35-12-11-28(27-14-19-59-20-15-27)21-30(35)22-36(52)39(56)48-16-13-32-33(25-48)45-41(50-18-17-49(43(50)58)31-8-3-2-4-9-31)51(38(32)55)34-10-6-5-7-29(34)23-37(53)54/h2-12,21-22,26-27,43,58H,13-20,23-25H2,1H3,(H,53,54)(H,46,47,57)/t26-,43?,44-/m0/s1. The molecule has 1 saturated carbocycles. The van der Waals surface area contributed by atoms with Crippen LogP contribution in [-0.4, -0.2) is 90.4 Å². The molecule has 3 aromatic heterocycles. The van der Waals surface area contributed by atoms with Crippen LogP contribution < -0.4 is 21.1 Å². The Morgan fingerprint density at radius 3 is 2.43 bits per heavy atom. The highest BCUT2D eigenvalue weighted by Crippen LogP contribution is 2.56. The summed E-state index contributed by atoms with van der Waals surface area (Å²) >= 11 is 0. The van der Waals surface area contributed by atoms with E-state index in [0.717, 1.165) is 29.4 Å². The third-order valence-electron chi connectivity index (χ3n) is 12.8. The lowest BCUT2D eigenvalue weighted by Gasteiger charge is -2.33. The summed E-state index contributed by atoms with van der Waals surface area (Å²) in [6.07, 6.45) is 1.11. The van der Waals surface area contributed by atoms with Gasteiger partial charge in [0.2, 0.25) is 12.3 Å². The highest BCUT2D eigenvalue weighted by atomic mass is 16.5. The van der Waals surface area contributed by atoms with E-state index >= 15 is 4.79 Å². The van der Waals surface area contributed by atoms with Gasteiger partial charge in [0.25, 0.3) is 11.5 Å². The first-order valence-electron chi connectivity index (χ1n) is 20.4. The molecule has 10 rings (SSSR count). The number of nitrogens with zero attached hydrogens (tertiary/aromatic N) is 7. The van der Waals surface area contributed by atoms with Gasteiger partial charge in [-0.05, 0) is 85.0 Å². The van der Waals surface area contributed by atoms with Crippen LogP contribution in [0, 0.1) is 5.92 Å². The molecular formula is C44H44N8O8. The van der Waals surface area contributed by atoms with E-state index in [4.69, 9.17) is 14.2 Å². The topological polar surface area (TPSA) is 192 Å². The van der Waals surface area contributed by atoms with Crippen molar-refractivity contribution < 1.29 is 29.1 Å². The Labute approximate surface area is 343 Å². The van der Waals surface area contributed by atoms with Gasteiger partial charge in [0.15, 0.2) is 5.82 Å². The molecule has 3 atom stereocenters. The molecule has 3 N–H and O–H groups in total. The Balaban J connectivity index is 1.07. The zero-order valence-electron chi connectivity index (χ0n) is 33.0. The molecule has 308 valence electrons. The quantitative estimate of drug-likeness (QED) is 0.191. The Bertz CT molecular complexity index is 2770. The molecular weight excluding hydrogens is 769 g/mol. The van der Waals surface area contributed by atoms with E-state index in [-0.39, 0.29) is 49.3 Å². The number of aliphatic carboxylic acids is 1. The van der Waals surface area contributed by atoms with Crippen molar-refractivity contribution >= 4 is 34.4 Å². The number of carbonyl (C=O) groups is 2. The summed E-state index contributed by atoms with van der Waals surface area (Å²) in [7, 11) is 0. The van der Waals surface area contributed by atoms with Gasteiger partial charge in [-0.25, -0.2) is 14.3 Å². The molecule has 0 radical (unpaired) electrons. The fourth-order valence-corrected chi connectivity index (χ4v) is 9.64. The number of rotatable bonds is 9. The van der Waals surface area contributed by atoms with E-state index in [1.165, 1.54) is 10.1 Å². The summed E-state index contributed by atoms with van der Waals surface area (Å²) in [4.78, 5) is 67.1. The number of aliphatic hydroxyl groups excluding tert-OH is 1. The van der Waals surface area contributed by atoms with Gasteiger partial charge in [-0.1, -0.05) is 54.5 Å². The van der Waals surface area contributed by atoms with Crippen molar-refractivity contribution in [3.63, 3.8) is 0 Å². The van der Waals surface area contributed by atoms with Gasteiger partial charge < -0.3 is 29.3 Å². The monoisotopic (exact) mass is 812 g/mol. The van der Waals surface area contributed by atoms with Gasteiger partial charge in [-0.15, -0.1) is 0 Å². The van der Waals surface area contributed by atoms with Crippen molar-refractivity contribution in [1.82, 2.24) is 29.2 Å². The minimum absolute atomic E-state index is 0.0125. The maximum absolute atomic E-state index is 15.1. The molecule has 16 heteroatoms. The number of amides is 1. The zero-order valence-corrected chi connectivity index (χ0v) is 33.0. The lowest BCUT2D eigenvalue weighted by atomic mass is 9.91. The van der Waals surface area contributed by atoms with Crippen LogP contribution in [0.2, 0.25) is 0 Å². The predicted molar refractivity (Wildman–Crippen MR) is 219 cm³/mol. The average Bonchev–Trinajstić information content (AvgIpc) is 3.58. The first-order valence-corrected chi connectivity index (χ1v) is 20.4. The Morgan fingerprint density at radius 2 is 1.70 bits per heavy atom. The molecule has 2 saturated heterocycles. The van der Waals surface area contributed by atoms with Crippen LogP contribution in [0.4, 0.5) is 11.6 Å². The fourth-order valence-electron chi connectivity index (χ4n) is 9.64. The number of carboxylic acids is 1. The van der Waals surface area contributed by atoms with Crippen molar-refractivity contribution in [1.29, 1.82) is 0 Å². The summed E-state index contributed by atoms with van der Waals surface area (Å²) < 4.78 is 14.0. The maximum Gasteiger partial charge on any atom is 0.438 e. The summed E-state index contributed by atoms with van der Waals surface area (Å²) in [6, 6.07) is 24.5. The Morgan fingerprint density at radius 1 is 0.950 bits per heavy atom. The molecule has 0 spiro atoms. The minimum Gasteiger partial charge on any atom is -0.481 e. The molecule has 6 heterocycles. The summed E-state index contributed by atoms with van der Waals surface area (Å²) in [6.45, 7) is 4.41. The van der Waals surface area contributed by atoms with Gasteiger partial charge in [-0.2, -0.15) is 0 Å². The van der Waals surface area contributed by atoms with Crippen molar-refractivity contribution in [3.8, 4) is 5.69 Å². The lowest BCUT2D eigenvalue weighted by Crippen LogP contribution is -2.45. The number of ether oxygens (including phenoxy) is 1. The van der Waals surface area contributed by atoms with Crippen LogP contribution in [0.25, 0.3) is 16.6 Å². The highest BCUT2D eigenvalue weighted by Gasteiger charge is 2.59. The van der Waals surface area contributed by atoms with Crippen molar-refractivity contribution in [2.75, 3.05) is 42.6 Å². The molecule has 1 unspecified atom stereocenters. The molecule has 3 aromatic carbocycles. The second kappa shape index (κ2) is 14.6. The average molecular weight is 813 g/mol. The number of fused-ring (bicyclic) bond motifs is 2. The fraction of sp³-hybridized carbons (Fsp3) is 0.364. The van der Waals surface area contributed by atoms with Gasteiger partial charge in [0.1, 0.15) is 11.2 Å². The maximum atomic E-state index is 15.1. The lowest BCUT2D eigenvalue weighted by molar-refractivity contribution is -0.136. The van der Waals surface area contributed by atoms with Gasteiger partial charge in [0.05, 0.1) is 24.3 Å². The van der Waals surface area contributed by atoms with Crippen LogP contribution in [0.5, 0.6) is 0 Å². The molecule has 1 amide bonds. The first-order chi connectivity index (χ1) is 29.1. The third-order valence-corrected chi connectivity index (χ3v) is 12.8.